The number of para-hydroxylation sites is 1. The van der Waals surface area contributed by atoms with E-state index in [4.69, 9.17) is 5.73 Å². The molecule has 0 spiro atoms. The van der Waals surface area contributed by atoms with E-state index in [9.17, 15) is 14.4 Å². The molecule has 36 heavy (non-hydrogen) atoms. The van der Waals surface area contributed by atoms with Crippen LogP contribution in [-0.4, -0.2) is 51.5 Å². The van der Waals surface area contributed by atoms with Gasteiger partial charge in [0.05, 0.1) is 6.54 Å². The summed E-state index contributed by atoms with van der Waals surface area (Å²) in [6, 6.07) is 10.5. The van der Waals surface area contributed by atoms with Crippen molar-refractivity contribution in [1.29, 1.82) is 0 Å². The third kappa shape index (κ3) is 5.56. The Morgan fingerprint density at radius 3 is 2.42 bits per heavy atom. The summed E-state index contributed by atoms with van der Waals surface area (Å²) in [4.78, 5) is 48.3. The number of aromatic amines is 2. The maximum atomic E-state index is 13.5. The molecule has 9 nitrogen and oxygen atoms in total. The number of piperidine rings is 1. The quantitative estimate of drug-likeness (QED) is 0.444. The molecular formula is C27H38N6O3. The second-order valence-corrected chi connectivity index (χ2v) is 10.8. The summed E-state index contributed by atoms with van der Waals surface area (Å²) in [5, 5.41) is 1.22. The number of hydrogen-bond donors (Lipinski definition) is 3. The highest BCUT2D eigenvalue weighted by Crippen LogP contribution is 2.30. The Morgan fingerprint density at radius 2 is 1.78 bits per heavy atom. The molecule has 3 aromatic rings. The number of likely N-dealkylation sites (tertiary alicyclic amines) is 1. The summed E-state index contributed by atoms with van der Waals surface area (Å²) in [5.74, 6) is 0.555. The second-order valence-electron chi connectivity index (χ2n) is 10.8. The Morgan fingerprint density at radius 1 is 1.08 bits per heavy atom. The summed E-state index contributed by atoms with van der Waals surface area (Å²) in [5.41, 5.74) is 7.62. The smallest absolute Gasteiger partial charge is 0.330 e. The summed E-state index contributed by atoms with van der Waals surface area (Å²) >= 11 is 0. The van der Waals surface area contributed by atoms with Gasteiger partial charge in [-0.25, -0.2) is 4.79 Å². The Labute approximate surface area is 211 Å². The number of fused-ring (bicyclic) bond motifs is 1. The van der Waals surface area contributed by atoms with Gasteiger partial charge in [0, 0.05) is 30.2 Å². The average Bonchev–Trinajstić information content (AvgIpc) is 3.25. The van der Waals surface area contributed by atoms with Gasteiger partial charge in [-0.05, 0) is 55.3 Å². The van der Waals surface area contributed by atoms with Crippen LogP contribution in [0.15, 0.2) is 39.9 Å². The van der Waals surface area contributed by atoms with E-state index in [0.717, 1.165) is 31.4 Å². The highest BCUT2D eigenvalue weighted by molar-refractivity contribution is 5.96. The number of nitrogens with zero attached hydrogens (tertiary/aromatic N) is 3. The first-order chi connectivity index (χ1) is 17.1. The summed E-state index contributed by atoms with van der Waals surface area (Å²) in [7, 11) is 0. The maximum Gasteiger partial charge on any atom is 0.330 e. The number of H-pyrrole nitrogens is 2. The number of aromatic nitrogens is 3. The van der Waals surface area contributed by atoms with Crippen molar-refractivity contribution < 1.29 is 4.79 Å². The summed E-state index contributed by atoms with van der Waals surface area (Å²) in [6.07, 6.45) is 1.90. The molecule has 3 heterocycles. The minimum absolute atomic E-state index is 0.0453. The van der Waals surface area contributed by atoms with Gasteiger partial charge in [-0.3, -0.25) is 24.0 Å². The topological polar surface area (TPSA) is 120 Å². The second kappa shape index (κ2) is 10.7. The van der Waals surface area contributed by atoms with Gasteiger partial charge >= 0.3 is 5.69 Å². The fraction of sp³-hybridized carbons (Fsp3) is 0.519. The van der Waals surface area contributed by atoms with Crippen LogP contribution in [0.2, 0.25) is 0 Å². The van der Waals surface area contributed by atoms with E-state index < -0.39 is 11.2 Å². The van der Waals surface area contributed by atoms with Crippen LogP contribution in [0.4, 0.5) is 11.5 Å². The Bertz CT molecular complexity index is 1290. The van der Waals surface area contributed by atoms with E-state index in [1.165, 1.54) is 20.5 Å². The van der Waals surface area contributed by atoms with Crippen molar-refractivity contribution in [2.24, 2.45) is 11.8 Å². The fourth-order valence-electron chi connectivity index (χ4n) is 5.06. The zero-order chi connectivity index (χ0) is 26.0. The fourth-order valence-corrected chi connectivity index (χ4v) is 5.06. The molecule has 4 N–H and O–H groups in total. The lowest BCUT2D eigenvalue weighted by molar-refractivity contribution is -0.120. The SMILES string of the molecule is CC(C)CN(C(=O)CN1CCC(c2cc3ccccc3[nH]2)CC1)c1c(N)n(CC(C)C)c(=O)[nH]c1=O. The van der Waals surface area contributed by atoms with Gasteiger partial charge in [-0.1, -0.05) is 45.9 Å². The largest absolute Gasteiger partial charge is 0.383 e. The number of anilines is 2. The third-order valence-corrected chi connectivity index (χ3v) is 6.82. The number of carbonyl (C=O) groups excluding carboxylic acids is 1. The van der Waals surface area contributed by atoms with E-state index in [1.807, 2.05) is 39.8 Å². The molecule has 1 aromatic carbocycles. The first kappa shape index (κ1) is 25.8. The van der Waals surface area contributed by atoms with Crippen molar-refractivity contribution in [2.45, 2.75) is 53.0 Å². The Balaban J connectivity index is 1.49. The molecule has 0 radical (unpaired) electrons. The van der Waals surface area contributed by atoms with E-state index in [0.29, 0.717) is 19.0 Å². The molecule has 9 heteroatoms. The van der Waals surface area contributed by atoms with Gasteiger partial charge in [-0.2, -0.15) is 0 Å². The van der Waals surface area contributed by atoms with Gasteiger partial charge in [0.2, 0.25) is 5.91 Å². The molecule has 1 fully saturated rings. The molecule has 1 saturated heterocycles. The molecule has 0 bridgehead atoms. The van der Waals surface area contributed by atoms with Crippen LogP contribution in [0.5, 0.6) is 0 Å². The van der Waals surface area contributed by atoms with Crippen molar-refractivity contribution in [3.05, 3.63) is 56.9 Å². The number of hydrogen-bond acceptors (Lipinski definition) is 5. The molecule has 0 saturated carbocycles. The molecule has 1 aliphatic heterocycles. The summed E-state index contributed by atoms with van der Waals surface area (Å²) in [6.45, 7) is 10.4. The molecule has 1 aliphatic rings. The van der Waals surface area contributed by atoms with Crippen LogP contribution in [0.25, 0.3) is 10.9 Å². The van der Waals surface area contributed by atoms with Gasteiger partial charge in [0.1, 0.15) is 5.82 Å². The van der Waals surface area contributed by atoms with E-state index >= 15 is 0 Å². The number of nitrogens with two attached hydrogens (primary N) is 1. The van der Waals surface area contributed by atoms with Crippen LogP contribution < -0.4 is 21.9 Å². The van der Waals surface area contributed by atoms with Gasteiger partial charge < -0.3 is 15.6 Å². The average molecular weight is 495 g/mol. The van der Waals surface area contributed by atoms with E-state index in [2.05, 4.69) is 33.1 Å². The molecule has 194 valence electrons. The third-order valence-electron chi connectivity index (χ3n) is 6.82. The van der Waals surface area contributed by atoms with Gasteiger partial charge in [0.15, 0.2) is 5.69 Å². The first-order valence-corrected chi connectivity index (χ1v) is 12.9. The van der Waals surface area contributed by atoms with Crippen molar-refractivity contribution in [3.8, 4) is 0 Å². The lowest BCUT2D eigenvalue weighted by Crippen LogP contribution is -2.47. The predicted octanol–water partition coefficient (Wildman–Crippen LogP) is 3.12. The minimum Gasteiger partial charge on any atom is -0.383 e. The van der Waals surface area contributed by atoms with Crippen LogP contribution >= 0.6 is 0 Å². The van der Waals surface area contributed by atoms with Gasteiger partial charge in [-0.15, -0.1) is 0 Å². The Kier molecular flexibility index (Phi) is 7.68. The monoisotopic (exact) mass is 494 g/mol. The number of nitrogens with one attached hydrogen (secondary N) is 2. The molecule has 2 aromatic heterocycles. The highest BCUT2D eigenvalue weighted by atomic mass is 16.2. The van der Waals surface area contributed by atoms with Gasteiger partial charge in [0.25, 0.3) is 5.56 Å². The maximum absolute atomic E-state index is 13.5. The number of nitrogen functional groups attached to an aromatic ring is 1. The summed E-state index contributed by atoms with van der Waals surface area (Å²) < 4.78 is 1.35. The van der Waals surface area contributed by atoms with Crippen LogP contribution in [-0.2, 0) is 11.3 Å². The van der Waals surface area contributed by atoms with Crippen LogP contribution in [0.3, 0.4) is 0 Å². The standard InChI is InChI=1S/C27H38N6O3/c1-17(2)14-32(24-25(28)33(15-18(3)4)27(36)30-26(24)35)23(34)16-31-11-9-19(10-12-31)22-13-20-7-5-6-8-21(20)29-22/h5-8,13,17-19,29H,9-12,14-16,28H2,1-4H3,(H,30,35,36). The minimum atomic E-state index is -0.621. The number of rotatable bonds is 8. The molecule has 0 atom stereocenters. The normalized spacial score (nSPS) is 15.3. The number of amides is 1. The molecule has 0 unspecified atom stereocenters. The molecule has 4 rings (SSSR count). The van der Waals surface area contributed by atoms with Crippen LogP contribution in [0.1, 0.15) is 52.1 Å². The van der Waals surface area contributed by atoms with E-state index in [-0.39, 0.29) is 35.8 Å². The molecular weight excluding hydrogens is 456 g/mol. The highest BCUT2D eigenvalue weighted by Gasteiger charge is 2.29. The van der Waals surface area contributed by atoms with Crippen molar-refractivity contribution >= 4 is 28.3 Å². The predicted molar refractivity (Wildman–Crippen MR) is 144 cm³/mol. The van der Waals surface area contributed by atoms with Crippen LogP contribution in [0, 0.1) is 11.8 Å². The molecule has 0 aliphatic carbocycles. The zero-order valence-corrected chi connectivity index (χ0v) is 21.7. The Hall–Kier alpha value is -3.33. The van der Waals surface area contributed by atoms with Crippen molar-refractivity contribution in [1.82, 2.24) is 19.4 Å². The molecule has 1 amide bonds. The lowest BCUT2D eigenvalue weighted by atomic mass is 9.93. The zero-order valence-electron chi connectivity index (χ0n) is 21.7. The van der Waals surface area contributed by atoms with Crippen molar-refractivity contribution in [3.63, 3.8) is 0 Å². The first-order valence-electron chi connectivity index (χ1n) is 12.9. The van der Waals surface area contributed by atoms with E-state index in [1.54, 1.807) is 0 Å². The lowest BCUT2D eigenvalue weighted by Gasteiger charge is -2.33. The number of benzene rings is 1. The van der Waals surface area contributed by atoms with Crippen molar-refractivity contribution in [2.75, 3.05) is 36.8 Å². The number of carbonyl (C=O) groups is 1.